The Morgan fingerprint density at radius 1 is 0.962 bits per heavy atom. The molecule has 0 spiro atoms. The van der Waals surface area contributed by atoms with Gasteiger partial charge in [-0.25, -0.2) is 4.99 Å². The number of fused-ring (bicyclic) bond motifs is 1. The van der Waals surface area contributed by atoms with E-state index in [0.717, 1.165) is 5.56 Å². The summed E-state index contributed by atoms with van der Waals surface area (Å²) in [5, 5.41) is 0.0171. The first-order valence-corrected chi connectivity index (χ1v) is 7.58. The van der Waals surface area contributed by atoms with Gasteiger partial charge in [0.25, 0.3) is 0 Å². The molecule has 3 rings (SSSR count). The first-order valence-electron chi connectivity index (χ1n) is 7.58. The van der Waals surface area contributed by atoms with Crippen LogP contribution in [0.15, 0.2) is 46.4 Å². The van der Waals surface area contributed by atoms with Crippen LogP contribution in [0.4, 0.5) is 0 Å². The van der Waals surface area contributed by atoms with Crippen molar-refractivity contribution in [2.45, 2.75) is 6.42 Å². The smallest absolute Gasteiger partial charge is 0.338 e. The van der Waals surface area contributed by atoms with Crippen LogP contribution < -0.4 is 24.9 Å². The summed E-state index contributed by atoms with van der Waals surface area (Å²) in [5.41, 5.74) is 0.751. The van der Waals surface area contributed by atoms with Crippen LogP contribution in [0.1, 0.15) is 5.56 Å². The fourth-order valence-electron chi connectivity index (χ4n) is 2.45. The van der Waals surface area contributed by atoms with Gasteiger partial charge >= 0.3 is 17.8 Å². The summed E-state index contributed by atoms with van der Waals surface area (Å²) < 4.78 is 15.8. The number of hydrogen-bond donors (Lipinski definition) is 0. The van der Waals surface area contributed by atoms with Gasteiger partial charge in [-0.3, -0.25) is 14.4 Å². The van der Waals surface area contributed by atoms with E-state index in [4.69, 9.17) is 14.2 Å². The summed E-state index contributed by atoms with van der Waals surface area (Å²) in [4.78, 5) is 42.8. The average Bonchev–Trinajstić information content (AvgIpc) is 2.63. The first kappa shape index (κ1) is 17.3. The number of carbonyl (C=O) groups excluding carboxylic acids is 3. The second kappa shape index (κ2) is 7.14. The number of nitrogens with zero attached hydrogens (tertiary/aromatic N) is 2. The molecular weight excluding hydrogens is 340 g/mol. The van der Waals surface area contributed by atoms with Crippen molar-refractivity contribution in [2.75, 3.05) is 14.2 Å². The minimum absolute atomic E-state index is 0.00000276. The molecule has 0 radical (unpaired) electrons. The van der Waals surface area contributed by atoms with E-state index in [-0.39, 0.29) is 34.4 Å². The molecule has 132 valence electrons. The van der Waals surface area contributed by atoms with Crippen LogP contribution in [0, 0.1) is 0 Å². The molecular formula is C18H14N2O6. The van der Waals surface area contributed by atoms with Crippen molar-refractivity contribution in [2.24, 2.45) is 9.98 Å². The van der Waals surface area contributed by atoms with Crippen LogP contribution >= 0.6 is 0 Å². The molecule has 8 heteroatoms. The number of carbonyl (C=O) groups is 3. The number of amides is 2. The lowest BCUT2D eigenvalue weighted by Crippen LogP contribution is -2.37. The highest BCUT2D eigenvalue weighted by Crippen LogP contribution is 2.33. The molecule has 1 aliphatic heterocycles. The van der Waals surface area contributed by atoms with Gasteiger partial charge in [-0.1, -0.05) is 30.3 Å². The van der Waals surface area contributed by atoms with Gasteiger partial charge in [-0.15, -0.1) is 0 Å². The highest BCUT2D eigenvalue weighted by Gasteiger charge is 2.24. The van der Waals surface area contributed by atoms with Gasteiger partial charge in [0.15, 0.2) is 5.75 Å². The Morgan fingerprint density at radius 3 is 2.31 bits per heavy atom. The van der Waals surface area contributed by atoms with Crippen molar-refractivity contribution in [1.29, 1.82) is 0 Å². The van der Waals surface area contributed by atoms with Crippen molar-refractivity contribution < 1.29 is 28.6 Å². The largest absolute Gasteiger partial charge is 0.493 e. The van der Waals surface area contributed by atoms with E-state index in [1.54, 1.807) is 24.3 Å². The molecule has 0 unspecified atom stereocenters. The molecule has 1 heterocycles. The fraction of sp³-hybridized carbons (Fsp3) is 0.167. The third-order valence-electron chi connectivity index (χ3n) is 3.61. The number of hydrogen-bond acceptors (Lipinski definition) is 6. The monoisotopic (exact) mass is 354 g/mol. The summed E-state index contributed by atoms with van der Waals surface area (Å²) in [6.07, 6.45) is -0.00000276. The summed E-state index contributed by atoms with van der Waals surface area (Å²) in [6.45, 7) is 0. The van der Waals surface area contributed by atoms with Gasteiger partial charge < -0.3 is 14.2 Å². The molecule has 0 bridgehead atoms. The van der Waals surface area contributed by atoms with Crippen molar-refractivity contribution >= 4 is 17.8 Å². The van der Waals surface area contributed by atoms with Gasteiger partial charge in [0.05, 0.1) is 20.6 Å². The Kier molecular flexibility index (Phi) is 4.74. The van der Waals surface area contributed by atoms with E-state index in [2.05, 4.69) is 9.98 Å². The van der Waals surface area contributed by atoms with Crippen LogP contribution in [0.2, 0.25) is 0 Å². The zero-order valence-corrected chi connectivity index (χ0v) is 14.0. The highest BCUT2D eigenvalue weighted by atomic mass is 16.6. The second-order valence-corrected chi connectivity index (χ2v) is 5.28. The highest BCUT2D eigenvalue weighted by molar-refractivity contribution is 6.36. The molecule has 26 heavy (non-hydrogen) atoms. The number of ether oxygens (including phenoxy) is 3. The maximum absolute atomic E-state index is 12.3. The Hall–Kier alpha value is -3.55. The van der Waals surface area contributed by atoms with Crippen LogP contribution in [-0.4, -0.2) is 32.0 Å². The van der Waals surface area contributed by atoms with Gasteiger partial charge in [-0.2, -0.15) is 4.99 Å². The van der Waals surface area contributed by atoms with Gasteiger partial charge in [-0.05, 0) is 5.56 Å². The second-order valence-electron chi connectivity index (χ2n) is 5.28. The summed E-state index contributed by atoms with van der Waals surface area (Å²) >= 11 is 0. The number of methoxy groups -OCH3 is 2. The van der Waals surface area contributed by atoms with Gasteiger partial charge in [0.2, 0.25) is 11.5 Å². The van der Waals surface area contributed by atoms with E-state index in [1.165, 1.54) is 20.3 Å². The van der Waals surface area contributed by atoms with Gasteiger partial charge in [0.1, 0.15) is 10.7 Å². The van der Waals surface area contributed by atoms with Crippen molar-refractivity contribution in [3.8, 4) is 17.2 Å². The fourth-order valence-corrected chi connectivity index (χ4v) is 2.45. The normalized spacial score (nSPS) is 12.5. The lowest BCUT2D eigenvalue weighted by molar-refractivity contribution is -0.135. The standard InChI is InChI=1S/C18H14N2O6/c1-24-12-9-11-14(20-18(23)17(22)19-11)16(15(12)25-2)26-13(21)8-10-6-4-3-5-7-10/h3-7,9H,8H2,1-2H3. The SMILES string of the molecule is COc1cc2c(c(OC(=O)Cc3ccccc3)c1OC)=NC(=O)C(=O)N=2. The van der Waals surface area contributed by atoms with Crippen molar-refractivity contribution in [3.63, 3.8) is 0 Å². The number of rotatable bonds is 5. The Bertz CT molecular complexity index is 1010. The summed E-state index contributed by atoms with van der Waals surface area (Å²) in [6, 6.07) is 10.4. The van der Waals surface area contributed by atoms with E-state index in [1.807, 2.05) is 6.07 Å². The van der Waals surface area contributed by atoms with Crippen LogP contribution in [0.3, 0.4) is 0 Å². The zero-order valence-electron chi connectivity index (χ0n) is 14.0. The van der Waals surface area contributed by atoms with Gasteiger partial charge in [0, 0.05) is 6.07 Å². The number of esters is 1. The molecule has 2 aromatic carbocycles. The molecule has 2 aromatic rings. The van der Waals surface area contributed by atoms with Crippen molar-refractivity contribution in [3.05, 3.63) is 52.7 Å². The molecule has 0 N–H and O–H groups in total. The molecule has 0 aromatic heterocycles. The molecule has 0 atom stereocenters. The third-order valence-corrected chi connectivity index (χ3v) is 3.61. The van der Waals surface area contributed by atoms with E-state index in [9.17, 15) is 14.4 Å². The minimum Gasteiger partial charge on any atom is -0.493 e. The molecule has 1 aliphatic rings. The number of benzene rings is 2. The maximum atomic E-state index is 12.3. The molecule has 0 saturated carbocycles. The predicted molar refractivity (Wildman–Crippen MR) is 87.7 cm³/mol. The molecule has 0 fully saturated rings. The summed E-state index contributed by atoms with van der Waals surface area (Å²) in [7, 11) is 2.73. The predicted octanol–water partition coefficient (Wildman–Crippen LogP) is 0.158. The summed E-state index contributed by atoms with van der Waals surface area (Å²) in [5.74, 6) is -2.50. The van der Waals surface area contributed by atoms with Crippen LogP contribution in [0.5, 0.6) is 17.2 Å². The Balaban J connectivity index is 2.08. The van der Waals surface area contributed by atoms with E-state index >= 15 is 0 Å². The lowest BCUT2D eigenvalue weighted by Gasteiger charge is -2.14. The average molecular weight is 354 g/mol. The van der Waals surface area contributed by atoms with Crippen molar-refractivity contribution in [1.82, 2.24) is 0 Å². The van der Waals surface area contributed by atoms with Crippen LogP contribution in [-0.2, 0) is 20.8 Å². The molecule has 2 amide bonds. The minimum atomic E-state index is -1.05. The van der Waals surface area contributed by atoms with Crippen LogP contribution in [0.25, 0.3) is 0 Å². The quantitative estimate of drug-likeness (QED) is 0.430. The topological polar surface area (TPSA) is 104 Å². The zero-order chi connectivity index (χ0) is 18.7. The van der Waals surface area contributed by atoms with E-state index in [0.29, 0.717) is 0 Å². The third kappa shape index (κ3) is 3.30. The van der Waals surface area contributed by atoms with E-state index < -0.39 is 17.8 Å². The molecule has 0 saturated heterocycles. The Morgan fingerprint density at radius 2 is 1.65 bits per heavy atom. The Labute approximate surface area is 147 Å². The molecule has 8 nitrogen and oxygen atoms in total. The lowest BCUT2D eigenvalue weighted by atomic mass is 10.1. The first-order chi connectivity index (χ1) is 12.5. The molecule has 0 aliphatic carbocycles. The maximum Gasteiger partial charge on any atom is 0.338 e.